The summed E-state index contributed by atoms with van der Waals surface area (Å²) < 4.78 is 12.7. The molecule has 0 fully saturated rings. The number of nitrogens with zero attached hydrogens (tertiary/aromatic N) is 4. The largest absolute Gasteiger partial charge is 0.497 e. The second-order valence-electron chi connectivity index (χ2n) is 5.68. The van der Waals surface area contributed by atoms with Crippen LogP contribution >= 0.6 is 0 Å². The number of benzene rings is 1. The number of aromatic nitrogens is 3. The summed E-state index contributed by atoms with van der Waals surface area (Å²) in [6.07, 6.45) is 6.09. The van der Waals surface area contributed by atoms with Crippen molar-refractivity contribution in [3.63, 3.8) is 0 Å². The van der Waals surface area contributed by atoms with Gasteiger partial charge in [-0.15, -0.1) is 10.2 Å². The lowest BCUT2D eigenvalue weighted by Gasteiger charge is -2.09. The molecule has 0 bridgehead atoms. The van der Waals surface area contributed by atoms with Crippen LogP contribution in [0.5, 0.6) is 11.5 Å². The zero-order valence-electron chi connectivity index (χ0n) is 14.0. The monoisotopic (exact) mass is 324 g/mol. The fourth-order valence-electron chi connectivity index (χ4n) is 2.92. The van der Waals surface area contributed by atoms with Crippen molar-refractivity contribution in [1.82, 2.24) is 14.8 Å². The van der Waals surface area contributed by atoms with Crippen LogP contribution in [0.2, 0.25) is 0 Å². The lowest BCUT2D eigenvalue weighted by molar-refractivity contribution is 0.394. The van der Waals surface area contributed by atoms with Gasteiger partial charge in [-0.2, -0.15) is 5.26 Å². The first kappa shape index (κ1) is 16.1. The Hall–Kier alpha value is -2.81. The molecular weight excluding hydrogens is 304 g/mol. The Balaban J connectivity index is 2.02. The van der Waals surface area contributed by atoms with Crippen LogP contribution in [0.15, 0.2) is 18.2 Å². The van der Waals surface area contributed by atoms with E-state index >= 15 is 0 Å². The first-order valence-electron chi connectivity index (χ1n) is 8.03. The summed E-state index contributed by atoms with van der Waals surface area (Å²) in [4.78, 5) is 0. The van der Waals surface area contributed by atoms with Crippen LogP contribution in [-0.2, 0) is 13.0 Å². The number of hydrogen-bond acceptors (Lipinski definition) is 5. The molecule has 6 heteroatoms. The lowest BCUT2D eigenvalue weighted by Crippen LogP contribution is -2.05. The number of methoxy groups -OCH3 is 2. The average Bonchev–Trinajstić information content (AvgIpc) is 2.87. The van der Waals surface area contributed by atoms with Crippen LogP contribution in [0, 0.1) is 11.3 Å². The van der Waals surface area contributed by atoms with Gasteiger partial charge in [-0.1, -0.05) is 6.42 Å². The summed E-state index contributed by atoms with van der Waals surface area (Å²) in [7, 11) is 3.21. The third-order valence-electron chi connectivity index (χ3n) is 4.21. The standard InChI is InChI=1S/C18H20N4O2/c1-23-15-8-7-13(16(11-15)24-2)10-14(12-19)18-21-20-17-6-4-3-5-9-22(17)18/h7-8,10-11H,3-6,9H2,1-2H3. The summed E-state index contributed by atoms with van der Waals surface area (Å²) in [5, 5.41) is 18.2. The Morgan fingerprint density at radius 1 is 1.21 bits per heavy atom. The van der Waals surface area contributed by atoms with Gasteiger partial charge in [0.15, 0.2) is 5.82 Å². The van der Waals surface area contributed by atoms with Crippen molar-refractivity contribution in [1.29, 1.82) is 5.26 Å². The first-order chi connectivity index (χ1) is 11.8. The number of nitriles is 1. The Kier molecular flexibility index (Phi) is 4.80. The van der Waals surface area contributed by atoms with Crippen molar-refractivity contribution in [2.45, 2.75) is 32.2 Å². The Bertz CT molecular complexity index is 802. The van der Waals surface area contributed by atoms with Crippen LogP contribution in [0.25, 0.3) is 11.6 Å². The second-order valence-corrected chi connectivity index (χ2v) is 5.68. The predicted octanol–water partition coefficient (Wildman–Crippen LogP) is 3.09. The van der Waals surface area contributed by atoms with Crippen LogP contribution in [-0.4, -0.2) is 29.0 Å². The quantitative estimate of drug-likeness (QED) is 0.808. The lowest BCUT2D eigenvalue weighted by atomic mass is 10.1. The highest BCUT2D eigenvalue weighted by Gasteiger charge is 2.18. The molecule has 1 aromatic carbocycles. The Morgan fingerprint density at radius 2 is 2.08 bits per heavy atom. The maximum Gasteiger partial charge on any atom is 0.174 e. The number of fused-ring (bicyclic) bond motifs is 1. The molecule has 124 valence electrons. The molecule has 24 heavy (non-hydrogen) atoms. The highest BCUT2D eigenvalue weighted by atomic mass is 16.5. The molecule has 0 saturated carbocycles. The van der Waals surface area contributed by atoms with Crippen molar-refractivity contribution in [2.75, 3.05) is 14.2 Å². The molecule has 0 atom stereocenters. The molecule has 0 spiro atoms. The van der Waals surface area contributed by atoms with Crippen molar-refractivity contribution in [2.24, 2.45) is 0 Å². The van der Waals surface area contributed by atoms with E-state index in [1.54, 1.807) is 26.4 Å². The topological polar surface area (TPSA) is 73.0 Å². The van der Waals surface area contributed by atoms with Crippen molar-refractivity contribution >= 4 is 11.6 Å². The smallest absolute Gasteiger partial charge is 0.174 e. The zero-order chi connectivity index (χ0) is 16.9. The predicted molar refractivity (Wildman–Crippen MR) is 90.6 cm³/mol. The van der Waals surface area contributed by atoms with E-state index < -0.39 is 0 Å². The second kappa shape index (κ2) is 7.18. The van der Waals surface area contributed by atoms with E-state index in [1.165, 1.54) is 6.42 Å². The van der Waals surface area contributed by atoms with Gasteiger partial charge in [0, 0.05) is 24.6 Å². The summed E-state index contributed by atoms with van der Waals surface area (Å²) in [5.74, 6) is 2.95. The molecule has 2 heterocycles. The van der Waals surface area contributed by atoms with E-state index in [4.69, 9.17) is 9.47 Å². The molecule has 0 saturated heterocycles. The van der Waals surface area contributed by atoms with Gasteiger partial charge in [0.2, 0.25) is 0 Å². The van der Waals surface area contributed by atoms with Gasteiger partial charge in [0.05, 0.1) is 19.8 Å². The minimum atomic E-state index is 0.485. The van der Waals surface area contributed by atoms with Crippen LogP contribution in [0.4, 0.5) is 0 Å². The van der Waals surface area contributed by atoms with Gasteiger partial charge >= 0.3 is 0 Å². The molecule has 3 rings (SSSR count). The minimum absolute atomic E-state index is 0.485. The maximum absolute atomic E-state index is 9.63. The molecule has 0 N–H and O–H groups in total. The van der Waals surface area contributed by atoms with E-state index in [0.29, 0.717) is 22.9 Å². The summed E-state index contributed by atoms with van der Waals surface area (Å²) >= 11 is 0. The SMILES string of the molecule is COc1ccc(C=C(C#N)c2nnc3n2CCCCC3)c(OC)c1. The van der Waals surface area contributed by atoms with Crippen LogP contribution in [0.1, 0.15) is 36.5 Å². The highest BCUT2D eigenvalue weighted by Crippen LogP contribution is 2.28. The van der Waals surface area contributed by atoms with Crippen molar-refractivity contribution in [3.8, 4) is 17.6 Å². The third-order valence-corrected chi connectivity index (χ3v) is 4.21. The molecule has 1 aliphatic heterocycles. The van der Waals surface area contributed by atoms with E-state index in [2.05, 4.69) is 20.8 Å². The molecule has 1 aromatic heterocycles. The Morgan fingerprint density at radius 3 is 2.83 bits per heavy atom. The van der Waals surface area contributed by atoms with E-state index in [1.807, 2.05) is 12.1 Å². The van der Waals surface area contributed by atoms with Crippen molar-refractivity contribution in [3.05, 3.63) is 35.4 Å². The molecule has 0 aliphatic carbocycles. The zero-order valence-corrected chi connectivity index (χ0v) is 14.0. The molecule has 0 unspecified atom stereocenters. The third kappa shape index (κ3) is 3.11. The number of hydrogen-bond donors (Lipinski definition) is 0. The fraction of sp³-hybridized carbons (Fsp3) is 0.389. The fourth-order valence-corrected chi connectivity index (χ4v) is 2.92. The number of rotatable bonds is 4. The molecule has 1 aliphatic rings. The van der Waals surface area contributed by atoms with E-state index in [0.717, 1.165) is 37.2 Å². The average molecular weight is 324 g/mol. The van der Waals surface area contributed by atoms with Crippen LogP contribution in [0.3, 0.4) is 0 Å². The van der Waals surface area contributed by atoms with Gasteiger partial charge in [-0.25, -0.2) is 0 Å². The highest BCUT2D eigenvalue weighted by molar-refractivity contribution is 5.88. The van der Waals surface area contributed by atoms with Gasteiger partial charge < -0.3 is 14.0 Å². The van der Waals surface area contributed by atoms with E-state index in [-0.39, 0.29) is 0 Å². The van der Waals surface area contributed by atoms with Gasteiger partial charge in [0.1, 0.15) is 23.4 Å². The minimum Gasteiger partial charge on any atom is -0.497 e. The number of ether oxygens (including phenoxy) is 2. The van der Waals surface area contributed by atoms with Gasteiger partial charge in [-0.3, -0.25) is 0 Å². The molecule has 2 aromatic rings. The molecule has 0 amide bonds. The molecule has 6 nitrogen and oxygen atoms in total. The van der Waals surface area contributed by atoms with Crippen molar-refractivity contribution < 1.29 is 9.47 Å². The normalized spacial score (nSPS) is 14.5. The van der Waals surface area contributed by atoms with Gasteiger partial charge in [-0.05, 0) is 31.1 Å². The number of allylic oxidation sites excluding steroid dienone is 1. The number of aryl methyl sites for hydroxylation is 1. The molecular formula is C18H20N4O2. The van der Waals surface area contributed by atoms with Gasteiger partial charge in [0.25, 0.3) is 0 Å². The maximum atomic E-state index is 9.63. The van der Waals surface area contributed by atoms with Crippen LogP contribution < -0.4 is 9.47 Å². The molecule has 0 radical (unpaired) electrons. The summed E-state index contributed by atoms with van der Waals surface area (Å²) in [5.41, 5.74) is 1.29. The first-order valence-corrected chi connectivity index (χ1v) is 8.03. The van der Waals surface area contributed by atoms with E-state index in [9.17, 15) is 5.26 Å². The summed E-state index contributed by atoms with van der Waals surface area (Å²) in [6, 6.07) is 7.76. The summed E-state index contributed by atoms with van der Waals surface area (Å²) in [6.45, 7) is 0.858. The Labute approximate surface area is 141 Å².